The molecule has 4 rings (SSSR count). The van der Waals surface area contributed by atoms with Gasteiger partial charge in [0.05, 0.1) is 12.8 Å². The van der Waals surface area contributed by atoms with Gasteiger partial charge in [0.25, 0.3) is 0 Å². The molecular weight excluding hydrogens is 444 g/mol. The van der Waals surface area contributed by atoms with Gasteiger partial charge >= 0.3 is 5.97 Å². The standard InChI is InChI=1S/C24H25BrN2O3/c1-15-7-8-16(20(25)11-15)12-23(28)26(2)17-9-10-22-19(13-24(29)30)18-5-3-4-6-21(18)27(22)14-17/h3-8,11,17H,9-10,12-14H2,1-2H3,(H,29,30). The van der Waals surface area contributed by atoms with E-state index in [-0.39, 0.29) is 18.4 Å². The van der Waals surface area contributed by atoms with Crippen LogP contribution in [0.4, 0.5) is 0 Å². The number of carboxylic acid groups (broad SMARTS) is 1. The van der Waals surface area contributed by atoms with Gasteiger partial charge in [-0.2, -0.15) is 0 Å². The van der Waals surface area contributed by atoms with Crippen molar-refractivity contribution in [3.8, 4) is 0 Å². The maximum Gasteiger partial charge on any atom is 0.307 e. The predicted octanol–water partition coefficient (Wildman–Crippen LogP) is 4.36. The molecule has 0 radical (unpaired) electrons. The molecule has 1 N–H and O–H groups in total. The SMILES string of the molecule is Cc1ccc(CC(=O)N(C)C2CCc3c(CC(=O)O)c4ccccc4n3C2)c(Br)c1. The van der Waals surface area contributed by atoms with E-state index in [2.05, 4.69) is 20.5 Å². The second kappa shape index (κ2) is 8.26. The van der Waals surface area contributed by atoms with Gasteiger partial charge in [0.2, 0.25) is 5.91 Å². The summed E-state index contributed by atoms with van der Waals surface area (Å²) in [7, 11) is 1.88. The molecular formula is C24H25BrN2O3. The Morgan fingerprint density at radius 2 is 1.97 bits per heavy atom. The summed E-state index contributed by atoms with van der Waals surface area (Å²) in [6, 6.07) is 14.1. The van der Waals surface area contributed by atoms with Gasteiger partial charge in [-0.05, 0) is 48.6 Å². The first-order chi connectivity index (χ1) is 14.3. The molecule has 1 atom stereocenters. The molecule has 2 heterocycles. The minimum atomic E-state index is -0.813. The van der Waals surface area contributed by atoms with E-state index in [0.29, 0.717) is 13.0 Å². The summed E-state index contributed by atoms with van der Waals surface area (Å²) in [6.07, 6.45) is 2.00. The summed E-state index contributed by atoms with van der Waals surface area (Å²) in [4.78, 5) is 26.3. The third kappa shape index (κ3) is 3.88. The molecule has 3 aromatic rings. The molecule has 0 fully saturated rings. The first-order valence-electron chi connectivity index (χ1n) is 10.2. The summed E-state index contributed by atoms with van der Waals surface area (Å²) < 4.78 is 3.18. The van der Waals surface area contributed by atoms with Crippen molar-refractivity contribution in [2.75, 3.05) is 7.05 Å². The van der Waals surface area contributed by atoms with Crippen LogP contribution in [0, 0.1) is 6.92 Å². The molecule has 0 saturated carbocycles. The van der Waals surface area contributed by atoms with Gasteiger partial charge in [-0.1, -0.05) is 46.3 Å². The lowest BCUT2D eigenvalue weighted by atomic mass is 9.99. The fraction of sp³-hybridized carbons (Fsp3) is 0.333. The average molecular weight is 469 g/mol. The number of rotatable bonds is 5. The van der Waals surface area contributed by atoms with E-state index in [1.54, 1.807) is 0 Å². The van der Waals surface area contributed by atoms with Crippen LogP contribution in [-0.4, -0.2) is 39.5 Å². The first-order valence-corrected chi connectivity index (χ1v) is 11.0. The normalized spacial score (nSPS) is 15.8. The average Bonchev–Trinajstić information content (AvgIpc) is 3.02. The van der Waals surface area contributed by atoms with Gasteiger partial charge in [0.1, 0.15) is 0 Å². The van der Waals surface area contributed by atoms with Crippen molar-refractivity contribution in [3.63, 3.8) is 0 Å². The summed E-state index contributed by atoms with van der Waals surface area (Å²) in [5.41, 5.74) is 5.20. The zero-order chi connectivity index (χ0) is 21.4. The molecule has 1 amide bonds. The number of carbonyl (C=O) groups is 2. The highest BCUT2D eigenvalue weighted by Gasteiger charge is 2.29. The fourth-order valence-electron chi connectivity index (χ4n) is 4.48. The van der Waals surface area contributed by atoms with Crippen molar-refractivity contribution in [3.05, 3.63) is 69.3 Å². The Kier molecular flexibility index (Phi) is 5.69. The van der Waals surface area contributed by atoms with E-state index in [0.717, 1.165) is 50.6 Å². The molecule has 156 valence electrons. The van der Waals surface area contributed by atoms with E-state index in [4.69, 9.17) is 0 Å². The van der Waals surface area contributed by atoms with Crippen LogP contribution in [0.5, 0.6) is 0 Å². The van der Waals surface area contributed by atoms with Crippen molar-refractivity contribution in [1.29, 1.82) is 0 Å². The van der Waals surface area contributed by atoms with Crippen LogP contribution in [0.2, 0.25) is 0 Å². The monoisotopic (exact) mass is 468 g/mol. The van der Waals surface area contributed by atoms with Crippen molar-refractivity contribution >= 4 is 38.7 Å². The van der Waals surface area contributed by atoms with Gasteiger partial charge in [0, 0.05) is 40.7 Å². The molecule has 1 unspecified atom stereocenters. The topological polar surface area (TPSA) is 62.5 Å². The third-order valence-corrected chi connectivity index (χ3v) is 6.86. The minimum Gasteiger partial charge on any atom is -0.481 e. The maximum absolute atomic E-state index is 13.0. The highest BCUT2D eigenvalue weighted by molar-refractivity contribution is 9.10. The molecule has 0 saturated heterocycles. The number of para-hydroxylation sites is 1. The van der Waals surface area contributed by atoms with Crippen molar-refractivity contribution in [1.82, 2.24) is 9.47 Å². The number of amides is 1. The van der Waals surface area contributed by atoms with Crippen LogP contribution in [-0.2, 0) is 35.4 Å². The Labute approximate surface area is 184 Å². The zero-order valence-corrected chi connectivity index (χ0v) is 18.8. The molecule has 1 aliphatic rings. The molecule has 30 heavy (non-hydrogen) atoms. The van der Waals surface area contributed by atoms with Crippen LogP contribution < -0.4 is 0 Å². The summed E-state index contributed by atoms with van der Waals surface area (Å²) in [6.45, 7) is 2.72. The van der Waals surface area contributed by atoms with Crippen molar-refractivity contribution in [2.45, 2.75) is 45.2 Å². The molecule has 5 nitrogen and oxygen atoms in total. The van der Waals surface area contributed by atoms with Crippen LogP contribution in [0.3, 0.4) is 0 Å². The number of carboxylic acids is 1. The van der Waals surface area contributed by atoms with Crippen LogP contribution in [0.1, 0.15) is 28.8 Å². The number of hydrogen-bond acceptors (Lipinski definition) is 2. The minimum absolute atomic E-state index is 0.0315. The Morgan fingerprint density at radius 3 is 2.70 bits per heavy atom. The quantitative estimate of drug-likeness (QED) is 0.604. The predicted molar refractivity (Wildman–Crippen MR) is 121 cm³/mol. The molecule has 2 aromatic carbocycles. The lowest BCUT2D eigenvalue weighted by Crippen LogP contribution is -2.43. The number of carbonyl (C=O) groups excluding carboxylic acids is 1. The maximum atomic E-state index is 13.0. The highest BCUT2D eigenvalue weighted by Crippen LogP contribution is 2.32. The van der Waals surface area contributed by atoms with Gasteiger partial charge in [-0.25, -0.2) is 0 Å². The van der Waals surface area contributed by atoms with Crippen LogP contribution in [0.15, 0.2) is 46.9 Å². The Balaban J connectivity index is 1.58. The Bertz CT molecular complexity index is 1130. The van der Waals surface area contributed by atoms with Gasteiger partial charge in [-0.3, -0.25) is 9.59 Å². The van der Waals surface area contributed by atoms with E-state index in [9.17, 15) is 14.7 Å². The van der Waals surface area contributed by atoms with E-state index in [1.807, 2.05) is 61.3 Å². The summed E-state index contributed by atoms with van der Waals surface area (Å²) in [5, 5.41) is 10.4. The third-order valence-electron chi connectivity index (χ3n) is 6.12. The number of aromatic nitrogens is 1. The van der Waals surface area contributed by atoms with Gasteiger partial charge in [-0.15, -0.1) is 0 Å². The lowest BCUT2D eigenvalue weighted by molar-refractivity contribution is -0.136. The molecule has 0 aliphatic carbocycles. The molecule has 6 heteroatoms. The highest BCUT2D eigenvalue weighted by atomic mass is 79.9. The number of nitrogens with zero attached hydrogens (tertiary/aromatic N) is 2. The van der Waals surface area contributed by atoms with Gasteiger partial charge in [0.15, 0.2) is 0 Å². The van der Waals surface area contributed by atoms with E-state index in [1.165, 1.54) is 0 Å². The van der Waals surface area contributed by atoms with Crippen molar-refractivity contribution in [2.24, 2.45) is 0 Å². The summed E-state index contributed by atoms with van der Waals surface area (Å²) in [5.74, 6) is -0.720. The first kappa shape index (κ1) is 20.7. The van der Waals surface area contributed by atoms with Crippen molar-refractivity contribution < 1.29 is 14.7 Å². The fourth-order valence-corrected chi connectivity index (χ4v) is 5.11. The molecule has 1 aromatic heterocycles. The number of hydrogen-bond donors (Lipinski definition) is 1. The van der Waals surface area contributed by atoms with E-state index < -0.39 is 5.97 Å². The summed E-state index contributed by atoms with van der Waals surface area (Å²) >= 11 is 3.57. The smallest absolute Gasteiger partial charge is 0.307 e. The second-order valence-corrected chi connectivity index (χ2v) is 8.95. The Hall–Kier alpha value is -2.60. The second-order valence-electron chi connectivity index (χ2n) is 8.09. The van der Waals surface area contributed by atoms with Crippen LogP contribution in [0.25, 0.3) is 10.9 Å². The van der Waals surface area contributed by atoms with Gasteiger partial charge < -0.3 is 14.6 Å². The van der Waals surface area contributed by atoms with E-state index >= 15 is 0 Å². The lowest BCUT2D eigenvalue weighted by Gasteiger charge is -2.33. The number of likely N-dealkylation sites (N-methyl/N-ethyl adjacent to an activating group) is 1. The van der Waals surface area contributed by atoms with Crippen LogP contribution >= 0.6 is 15.9 Å². The Morgan fingerprint density at radius 1 is 1.20 bits per heavy atom. The number of benzene rings is 2. The number of aryl methyl sites for hydroxylation is 1. The molecule has 0 spiro atoms. The zero-order valence-electron chi connectivity index (χ0n) is 17.2. The largest absolute Gasteiger partial charge is 0.481 e. The molecule has 1 aliphatic heterocycles. The number of aliphatic carboxylic acids is 1. The number of fused-ring (bicyclic) bond motifs is 3. The molecule has 0 bridgehead atoms. The number of halogens is 1.